The van der Waals surface area contributed by atoms with Crippen LogP contribution in [0.5, 0.6) is 5.75 Å². The van der Waals surface area contributed by atoms with Gasteiger partial charge in [-0.25, -0.2) is 0 Å². The van der Waals surface area contributed by atoms with E-state index in [9.17, 15) is 8.78 Å². The van der Waals surface area contributed by atoms with Gasteiger partial charge in [-0.2, -0.15) is 13.5 Å². The lowest BCUT2D eigenvalue weighted by atomic mass is 10.1. The zero-order valence-corrected chi connectivity index (χ0v) is 16.7. The van der Waals surface area contributed by atoms with Crippen LogP contribution >= 0.6 is 23.5 Å². The number of hydrogen-bond donors (Lipinski definition) is 0. The fraction of sp³-hybridized carbons (Fsp3) is 0.278. The number of nitrogens with zero attached hydrogens (tertiary/aromatic N) is 4. The van der Waals surface area contributed by atoms with Gasteiger partial charge in [-0.3, -0.25) is 0 Å². The van der Waals surface area contributed by atoms with Gasteiger partial charge >= 0.3 is 0 Å². The summed E-state index contributed by atoms with van der Waals surface area (Å²) < 4.78 is 32.1. The average molecular weight is 408 g/mol. The van der Waals surface area contributed by atoms with Gasteiger partial charge in [0.1, 0.15) is 5.75 Å². The number of thioether (sulfide) groups is 2. The van der Waals surface area contributed by atoms with E-state index in [0.29, 0.717) is 33.3 Å². The molecule has 142 valence electrons. The first kappa shape index (κ1) is 19.6. The van der Waals surface area contributed by atoms with Gasteiger partial charge in [0, 0.05) is 5.75 Å². The van der Waals surface area contributed by atoms with E-state index in [1.54, 1.807) is 16.8 Å². The van der Waals surface area contributed by atoms with Crippen molar-refractivity contribution in [2.24, 2.45) is 0 Å². The Bertz CT molecular complexity index is 933. The molecule has 0 amide bonds. The normalized spacial score (nSPS) is 11.2. The molecule has 5 nitrogen and oxygen atoms in total. The highest BCUT2D eigenvalue weighted by molar-refractivity contribution is 7.99. The first-order valence-electron chi connectivity index (χ1n) is 8.08. The van der Waals surface area contributed by atoms with Crippen LogP contribution < -0.4 is 4.74 Å². The van der Waals surface area contributed by atoms with E-state index in [-0.39, 0.29) is 0 Å². The molecule has 0 spiro atoms. The highest BCUT2D eigenvalue weighted by atomic mass is 32.2. The van der Waals surface area contributed by atoms with Crippen molar-refractivity contribution >= 4 is 23.5 Å². The van der Waals surface area contributed by atoms with Crippen LogP contribution in [0.4, 0.5) is 8.78 Å². The molecule has 9 heteroatoms. The van der Waals surface area contributed by atoms with Crippen molar-refractivity contribution in [3.05, 3.63) is 53.1 Å². The smallest absolute Gasteiger partial charge is 0.289 e. The third kappa shape index (κ3) is 4.78. The van der Waals surface area contributed by atoms with Crippen molar-refractivity contribution in [1.29, 1.82) is 0 Å². The monoisotopic (exact) mass is 408 g/mol. The molecule has 0 fully saturated rings. The number of benzene rings is 2. The van der Waals surface area contributed by atoms with Gasteiger partial charge in [0.2, 0.25) is 5.16 Å². The summed E-state index contributed by atoms with van der Waals surface area (Å²) in [5.41, 5.74) is 4.20. The number of tetrazole rings is 1. The van der Waals surface area contributed by atoms with Crippen LogP contribution in [0.25, 0.3) is 5.69 Å². The summed E-state index contributed by atoms with van der Waals surface area (Å²) in [6.45, 7) is 4.10. The van der Waals surface area contributed by atoms with E-state index in [2.05, 4.69) is 22.4 Å². The van der Waals surface area contributed by atoms with E-state index in [0.717, 1.165) is 16.8 Å². The lowest BCUT2D eigenvalue weighted by Crippen LogP contribution is -2.00. The standard InChI is InChI=1S/C18H18F2N4OS2/c1-11-4-6-14(8-12(11)2)24-18(21-22-23-24)26-10-13-5-7-16(27-17(19)20)15(9-13)25-3/h4-9,17H,10H2,1-3H3. The molecule has 3 aromatic rings. The molecule has 0 saturated heterocycles. The van der Waals surface area contributed by atoms with E-state index >= 15 is 0 Å². The fourth-order valence-corrected chi connectivity index (χ4v) is 3.86. The molecule has 0 radical (unpaired) electrons. The zero-order chi connectivity index (χ0) is 19.4. The summed E-state index contributed by atoms with van der Waals surface area (Å²) in [5, 5.41) is 12.6. The molecule has 2 aromatic carbocycles. The lowest BCUT2D eigenvalue weighted by Gasteiger charge is -2.10. The van der Waals surface area contributed by atoms with Gasteiger partial charge in [-0.15, -0.1) is 5.10 Å². The Kier molecular flexibility index (Phi) is 6.33. The Labute approximate surface area is 164 Å². The Balaban J connectivity index is 1.76. The van der Waals surface area contributed by atoms with Gasteiger partial charge in [0.15, 0.2) is 0 Å². The van der Waals surface area contributed by atoms with E-state index < -0.39 is 5.76 Å². The number of methoxy groups -OCH3 is 1. The molecule has 0 aliphatic carbocycles. The molecule has 1 aromatic heterocycles. The quantitative estimate of drug-likeness (QED) is 0.519. The number of rotatable bonds is 7. The van der Waals surface area contributed by atoms with Crippen molar-refractivity contribution in [2.45, 2.75) is 35.4 Å². The Morgan fingerprint density at radius 1 is 1.11 bits per heavy atom. The van der Waals surface area contributed by atoms with Crippen molar-refractivity contribution < 1.29 is 13.5 Å². The maximum Gasteiger partial charge on any atom is 0.289 e. The second kappa shape index (κ2) is 8.71. The highest BCUT2D eigenvalue weighted by Gasteiger charge is 2.13. The second-order valence-electron chi connectivity index (χ2n) is 5.79. The van der Waals surface area contributed by atoms with Crippen LogP contribution in [0.3, 0.4) is 0 Å². The molecule has 0 bridgehead atoms. The third-order valence-corrected chi connectivity index (χ3v) is 5.75. The summed E-state index contributed by atoms with van der Waals surface area (Å²) in [6, 6.07) is 11.3. The molecule has 27 heavy (non-hydrogen) atoms. The number of hydrogen-bond acceptors (Lipinski definition) is 6. The van der Waals surface area contributed by atoms with Crippen LogP contribution in [0.2, 0.25) is 0 Å². The van der Waals surface area contributed by atoms with E-state index in [4.69, 9.17) is 4.74 Å². The lowest BCUT2D eigenvalue weighted by molar-refractivity contribution is 0.251. The Hall–Kier alpha value is -2.13. The largest absolute Gasteiger partial charge is 0.496 e. The fourth-order valence-electron chi connectivity index (χ4n) is 2.43. The Morgan fingerprint density at radius 3 is 2.63 bits per heavy atom. The van der Waals surface area contributed by atoms with Gasteiger partial charge in [0.05, 0.1) is 17.7 Å². The molecule has 0 N–H and O–H groups in total. The molecule has 0 unspecified atom stereocenters. The molecule has 0 aliphatic heterocycles. The predicted octanol–water partition coefficient (Wildman–Crippen LogP) is 4.89. The topological polar surface area (TPSA) is 52.8 Å². The molecule has 0 aliphatic rings. The molecular formula is C18H18F2N4OS2. The number of aromatic nitrogens is 4. The van der Waals surface area contributed by atoms with Crippen molar-refractivity contribution in [1.82, 2.24) is 20.2 Å². The maximum absolute atomic E-state index is 12.6. The van der Waals surface area contributed by atoms with E-state index in [1.165, 1.54) is 24.4 Å². The number of alkyl halides is 2. The SMILES string of the molecule is COc1cc(CSc2nnnn2-c2ccc(C)c(C)c2)ccc1SC(F)F. The Morgan fingerprint density at radius 2 is 1.93 bits per heavy atom. The second-order valence-corrected chi connectivity index (χ2v) is 7.77. The van der Waals surface area contributed by atoms with Crippen LogP contribution in [0.15, 0.2) is 46.5 Å². The molecule has 1 heterocycles. The van der Waals surface area contributed by atoms with Crippen molar-refractivity contribution in [2.75, 3.05) is 7.11 Å². The average Bonchev–Trinajstić information content (AvgIpc) is 3.11. The van der Waals surface area contributed by atoms with Crippen LogP contribution in [0, 0.1) is 13.8 Å². The summed E-state index contributed by atoms with van der Waals surface area (Å²) in [4.78, 5) is 0.418. The summed E-state index contributed by atoms with van der Waals surface area (Å²) in [7, 11) is 1.47. The molecule has 0 saturated carbocycles. The minimum Gasteiger partial charge on any atom is -0.496 e. The minimum absolute atomic E-state index is 0.418. The first-order chi connectivity index (χ1) is 13.0. The van der Waals surface area contributed by atoms with Crippen LogP contribution in [0.1, 0.15) is 16.7 Å². The van der Waals surface area contributed by atoms with Crippen molar-refractivity contribution in [3.63, 3.8) is 0 Å². The summed E-state index contributed by atoms with van der Waals surface area (Å²) in [5.74, 6) is -1.46. The molecular weight excluding hydrogens is 390 g/mol. The van der Waals surface area contributed by atoms with Crippen molar-refractivity contribution in [3.8, 4) is 11.4 Å². The van der Waals surface area contributed by atoms with Crippen LogP contribution in [-0.4, -0.2) is 33.1 Å². The predicted molar refractivity (Wildman–Crippen MR) is 103 cm³/mol. The minimum atomic E-state index is -2.48. The maximum atomic E-state index is 12.6. The van der Waals surface area contributed by atoms with Crippen LogP contribution in [-0.2, 0) is 5.75 Å². The summed E-state index contributed by atoms with van der Waals surface area (Å²) in [6.07, 6.45) is 0. The van der Waals surface area contributed by atoms with Gasteiger partial charge in [-0.05, 0) is 65.2 Å². The van der Waals surface area contributed by atoms with E-state index in [1.807, 2.05) is 31.2 Å². The van der Waals surface area contributed by atoms with Gasteiger partial charge in [0.25, 0.3) is 5.76 Å². The highest BCUT2D eigenvalue weighted by Crippen LogP contribution is 2.35. The molecule has 0 atom stereocenters. The zero-order valence-electron chi connectivity index (χ0n) is 15.0. The third-order valence-electron chi connectivity index (χ3n) is 3.99. The van der Waals surface area contributed by atoms with Gasteiger partial charge in [-0.1, -0.05) is 35.7 Å². The van der Waals surface area contributed by atoms with Gasteiger partial charge < -0.3 is 4.74 Å². The first-order valence-corrected chi connectivity index (χ1v) is 9.95. The number of ether oxygens (including phenoxy) is 1. The summed E-state index contributed by atoms with van der Waals surface area (Å²) >= 11 is 1.94. The number of aryl methyl sites for hydroxylation is 2. The molecule has 3 rings (SSSR count). The number of halogens is 2.